The minimum atomic E-state index is -3.96. The van der Waals surface area contributed by atoms with E-state index in [4.69, 9.17) is 27.2 Å². The average Bonchev–Trinajstić information content (AvgIpc) is 2.87. The fourth-order valence-corrected chi connectivity index (χ4v) is 5.12. The third kappa shape index (κ3) is 4.84. The normalized spacial score (nSPS) is 11.5. The molecule has 3 aromatic carbocycles. The summed E-state index contributed by atoms with van der Waals surface area (Å²) in [5.74, 6) is -0.150. The molecule has 2 aromatic heterocycles. The number of hydrogen-bond acceptors (Lipinski definition) is 7. The minimum absolute atomic E-state index is 0.0755. The average molecular weight is 534 g/mol. The minimum Gasteiger partial charge on any atom is -0.455 e. The van der Waals surface area contributed by atoms with E-state index in [0.717, 1.165) is 0 Å². The van der Waals surface area contributed by atoms with Gasteiger partial charge < -0.3 is 15.5 Å². The number of halogens is 1. The van der Waals surface area contributed by atoms with Crippen molar-refractivity contribution in [3.63, 3.8) is 0 Å². The number of nitrogen functional groups attached to an aromatic ring is 1. The molecule has 11 heteroatoms. The van der Waals surface area contributed by atoms with Gasteiger partial charge in [0.05, 0.1) is 15.7 Å². The number of nitrogens with two attached hydrogens (primary N) is 1. The molecule has 186 valence electrons. The lowest BCUT2D eigenvalue weighted by atomic mass is 10.1. The monoisotopic (exact) mass is 533 g/mol. The van der Waals surface area contributed by atoms with Gasteiger partial charge in [0.15, 0.2) is 0 Å². The number of benzene rings is 3. The van der Waals surface area contributed by atoms with Gasteiger partial charge in [-0.15, -0.1) is 0 Å². The van der Waals surface area contributed by atoms with Crippen molar-refractivity contribution in [2.45, 2.75) is 11.4 Å². The molecule has 2 heterocycles. The second kappa shape index (κ2) is 9.57. The summed E-state index contributed by atoms with van der Waals surface area (Å²) in [5, 5.41) is 12.5. The quantitative estimate of drug-likeness (QED) is 0.134. The summed E-state index contributed by atoms with van der Waals surface area (Å²) in [7, 11) is -3.96. The molecule has 0 spiro atoms. The van der Waals surface area contributed by atoms with Crippen LogP contribution in [0.25, 0.3) is 21.9 Å². The number of aromatic nitrogens is 1. The summed E-state index contributed by atoms with van der Waals surface area (Å²) in [5.41, 5.74) is 7.69. The molecule has 0 amide bonds. The van der Waals surface area contributed by atoms with Crippen LogP contribution in [0.4, 0.5) is 11.5 Å². The van der Waals surface area contributed by atoms with Crippen LogP contribution in [0, 0.1) is 5.41 Å². The molecular weight excluding hydrogens is 514 g/mol. The molecule has 0 aliphatic carbocycles. The number of anilines is 2. The molecule has 0 saturated carbocycles. The number of nitrogens with zero attached hydrogens (tertiary/aromatic N) is 1. The van der Waals surface area contributed by atoms with Crippen molar-refractivity contribution < 1.29 is 12.8 Å². The van der Waals surface area contributed by atoms with E-state index < -0.39 is 10.0 Å². The van der Waals surface area contributed by atoms with Gasteiger partial charge in [0, 0.05) is 40.6 Å². The second-order valence-corrected chi connectivity index (χ2v) is 10.3. The number of nitrogens with one attached hydrogen (secondary N) is 3. The molecule has 5 aromatic rings. The first-order chi connectivity index (χ1) is 17.7. The maximum atomic E-state index is 13.0. The Labute approximate surface area is 216 Å². The highest BCUT2D eigenvalue weighted by atomic mass is 35.5. The van der Waals surface area contributed by atoms with E-state index in [0.29, 0.717) is 38.2 Å². The summed E-state index contributed by atoms with van der Waals surface area (Å²) < 4.78 is 34.1. The zero-order valence-electron chi connectivity index (χ0n) is 19.2. The Morgan fingerprint density at radius 1 is 1.03 bits per heavy atom. The number of para-hydroxylation sites is 1. The van der Waals surface area contributed by atoms with Gasteiger partial charge in [-0.1, -0.05) is 29.8 Å². The third-order valence-corrected chi connectivity index (χ3v) is 7.29. The molecule has 0 bridgehead atoms. The van der Waals surface area contributed by atoms with Crippen molar-refractivity contribution in [3.05, 3.63) is 105 Å². The van der Waals surface area contributed by atoms with Crippen LogP contribution in [-0.2, 0) is 16.6 Å². The van der Waals surface area contributed by atoms with Gasteiger partial charge in [-0.05, 0) is 48.5 Å². The number of fused-ring (bicyclic) bond motifs is 2. The molecule has 0 aliphatic heterocycles. The molecule has 0 fully saturated rings. The van der Waals surface area contributed by atoms with Gasteiger partial charge in [-0.25, -0.2) is 13.4 Å². The number of hydrogen-bond donors (Lipinski definition) is 4. The van der Waals surface area contributed by atoms with Gasteiger partial charge in [0.25, 0.3) is 10.0 Å². The number of pyridine rings is 1. The van der Waals surface area contributed by atoms with Gasteiger partial charge in [-0.3, -0.25) is 14.9 Å². The lowest BCUT2D eigenvalue weighted by Crippen LogP contribution is -2.18. The molecule has 0 unspecified atom stereocenters. The van der Waals surface area contributed by atoms with Crippen LogP contribution in [0.2, 0.25) is 5.02 Å². The highest BCUT2D eigenvalue weighted by Crippen LogP contribution is 2.26. The Hall–Kier alpha value is -4.41. The largest absolute Gasteiger partial charge is 0.455 e. The van der Waals surface area contributed by atoms with E-state index in [-0.39, 0.29) is 34.1 Å². The predicted molar refractivity (Wildman–Crippen MR) is 145 cm³/mol. The molecular formula is C26H20ClN5O4S. The lowest BCUT2D eigenvalue weighted by molar-refractivity contribution is 0.601. The molecule has 0 radical (unpaired) electrons. The van der Waals surface area contributed by atoms with Gasteiger partial charge >= 0.3 is 0 Å². The summed E-state index contributed by atoms with van der Waals surface area (Å²) in [4.78, 5) is 16.9. The Balaban J connectivity index is 1.48. The molecule has 5 rings (SSSR count). The van der Waals surface area contributed by atoms with E-state index in [2.05, 4.69) is 15.0 Å². The molecule has 0 atom stereocenters. The first kappa shape index (κ1) is 24.3. The van der Waals surface area contributed by atoms with Crippen molar-refractivity contribution in [1.82, 2.24) is 4.98 Å². The third-order valence-electron chi connectivity index (χ3n) is 5.71. The Morgan fingerprint density at radius 2 is 1.86 bits per heavy atom. The van der Waals surface area contributed by atoms with Gasteiger partial charge in [0.1, 0.15) is 22.8 Å². The van der Waals surface area contributed by atoms with Crippen LogP contribution in [0.15, 0.2) is 93.1 Å². The van der Waals surface area contributed by atoms with E-state index in [1.807, 2.05) is 0 Å². The van der Waals surface area contributed by atoms with E-state index in [1.165, 1.54) is 30.5 Å². The highest BCUT2D eigenvalue weighted by molar-refractivity contribution is 7.92. The highest BCUT2D eigenvalue weighted by Gasteiger charge is 2.18. The summed E-state index contributed by atoms with van der Waals surface area (Å²) in [6.45, 7) is 0.213. The SMILES string of the molecule is N=C(N)c1cc(S(=O)(=O)Nc2ccccn2)ccc1NCc1cccc2c(=O)c3ccc(Cl)cc3oc12. The van der Waals surface area contributed by atoms with Crippen LogP contribution in [0.3, 0.4) is 0 Å². The number of rotatable bonds is 7. The maximum Gasteiger partial charge on any atom is 0.263 e. The smallest absolute Gasteiger partial charge is 0.263 e. The molecule has 9 nitrogen and oxygen atoms in total. The van der Waals surface area contributed by atoms with Crippen LogP contribution in [0.5, 0.6) is 0 Å². The molecule has 0 aliphatic rings. The Kier molecular flexibility index (Phi) is 6.28. The van der Waals surface area contributed by atoms with E-state index in [1.54, 1.807) is 48.5 Å². The van der Waals surface area contributed by atoms with Crippen LogP contribution >= 0.6 is 11.6 Å². The topological polar surface area (TPSA) is 151 Å². The Bertz CT molecular complexity index is 1840. The first-order valence-electron chi connectivity index (χ1n) is 11.0. The van der Waals surface area contributed by atoms with Crippen molar-refractivity contribution in [3.8, 4) is 0 Å². The van der Waals surface area contributed by atoms with Crippen molar-refractivity contribution in [1.29, 1.82) is 5.41 Å². The Morgan fingerprint density at radius 3 is 2.62 bits per heavy atom. The van der Waals surface area contributed by atoms with Gasteiger partial charge in [0.2, 0.25) is 5.43 Å². The zero-order chi connectivity index (χ0) is 26.2. The first-order valence-corrected chi connectivity index (χ1v) is 12.9. The van der Waals surface area contributed by atoms with Crippen molar-refractivity contribution >= 4 is 60.9 Å². The van der Waals surface area contributed by atoms with E-state index in [9.17, 15) is 13.2 Å². The van der Waals surface area contributed by atoms with E-state index >= 15 is 0 Å². The summed E-state index contributed by atoms with van der Waals surface area (Å²) in [6, 6.07) is 19.2. The molecule has 5 N–H and O–H groups in total. The fourth-order valence-electron chi connectivity index (χ4n) is 3.92. The zero-order valence-corrected chi connectivity index (χ0v) is 20.7. The summed E-state index contributed by atoms with van der Waals surface area (Å²) >= 11 is 6.08. The predicted octanol–water partition coefficient (Wildman–Crippen LogP) is 4.69. The summed E-state index contributed by atoms with van der Waals surface area (Å²) in [6.07, 6.45) is 1.47. The second-order valence-electron chi connectivity index (χ2n) is 8.16. The van der Waals surface area contributed by atoms with Gasteiger partial charge in [-0.2, -0.15) is 0 Å². The van der Waals surface area contributed by atoms with Crippen LogP contribution in [0.1, 0.15) is 11.1 Å². The van der Waals surface area contributed by atoms with Crippen LogP contribution < -0.4 is 21.2 Å². The maximum absolute atomic E-state index is 13.0. The molecule has 37 heavy (non-hydrogen) atoms. The van der Waals surface area contributed by atoms with Crippen molar-refractivity contribution in [2.24, 2.45) is 5.73 Å². The lowest BCUT2D eigenvalue weighted by Gasteiger charge is -2.15. The van der Waals surface area contributed by atoms with Crippen LogP contribution in [-0.4, -0.2) is 19.2 Å². The number of sulfonamides is 1. The number of amidine groups is 1. The molecule has 0 saturated heterocycles. The van der Waals surface area contributed by atoms with Crippen molar-refractivity contribution in [2.75, 3.05) is 10.0 Å². The fraction of sp³-hybridized carbons (Fsp3) is 0.0385. The standard InChI is InChI=1S/C26H20ClN5O4S/c27-16-7-9-18-22(12-16)36-25-15(4-3-5-19(25)24(18)33)14-31-21-10-8-17(13-20(21)26(28)29)37(34,35)32-23-6-1-2-11-30-23/h1-13,31H,14H2,(H3,28,29)(H,30,32).